The number of benzene rings is 2. The Hall–Kier alpha value is -3.13. The summed E-state index contributed by atoms with van der Waals surface area (Å²) in [6.07, 6.45) is 0. The summed E-state index contributed by atoms with van der Waals surface area (Å²) in [6.45, 7) is 7.96. The van der Waals surface area contributed by atoms with Gasteiger partial charge in [-0.1, -0.05) is 12.1 Å². The first-order valence-electron chi connectivity index (χ1n) is 11.1. The molecule has 2 aromatic carbocycles. The summed E-state index contributed by atoms with van der Waals surface area (Å²) >= 11 is 0. The molecule has 33 heavy (non-hydrogen) atoms. The molecule has 0 saturated carbocycles. The molecule has 0 radical (unpaired) electrons. The fourth-order valence-corrected chi connectivity index (χ4v) is 3.94. The van der Waals surface area contributed by atoms with Crippen molar-refractivity contribution in [3.05, 3.63) is 59.4 Å². The second-order valence-electron chi connectivity index (χ2n) is 8.17. The van der Waals surface area contributed by atoms with Crippen molar-refractivity contribution in [3.63, 3.8) is 0 Å². The van der Waals surface area contributed by atoms with Crippen LogP contribution in [0, 0.1) is 5.82 Å². The number of carbonyl (C=O) groups excluding carboxylic acids is 2. The lowest BCUT2D eigenvalue weighted by molar-refractivity contribution is -0.139. The van der Waals surface area contributed by atoms with Gasteiger partial charge in [-0.05, 0) is 56.7 Å². The van der Waals surface area contributed by atoms with Crippen LogP contribution in [0.5, 0.6) is 11.5 Å². The van der Waals surface area contributed by atoms with Crippen LogP contribution in [0.2, 0.25) is 0 Å². The van der Waals surface area contributed by atoms with Crippen LogP contribution in [0.15, 0.2) is 42.5 Å². The average molecular weight is 459 g/mol. The van der Waals surface area contributed by atoms with Gasteiger partial charge >= 0.3 is 5.97 Å². The smallest absolute Gasteiger partial charge is 0.338 e. The number of esters is 1. The zero-order chi connectivity index (χ0) is 24.0. The molecule has 1 amide bonds. The summed E-state index contributed by atoms with van der Waals surface area (Å²) in [7, 11) is 1.48. The van der Waals surface area contributed by atoms with Gasteiger partial charge in [-0.15, -0.1) is 0 Å². The number of amides is 1. The van der Waals surface area contributed by atoms with Gasteiger partial charge in [0, 0.05) is 31.7 Å². The average Bonchev–Trinajstić information content (AvgIpc) is 2.81. The number of hydrogen-bond donors (Lipinski definition) is 0. The molecule has 3 rings (SSSR count). The van der Waals surface area contributed by atoms with Crippen molar-refractivity contribution in [1.29, 1.82) is 0 Å². The molecule has 1 fully saturated rings. The van der Waals surface area contributed by atoms with Gasteiger partial charge in [0.1, 0.15) is 5.82 Å². The number of hydrogen-bond acceptors (Lipinski definition) is 6. The molecule has 7 nitrogen and oxygen atoms in total. The molecule has 8 heteroatoms. The Bertz CT molecular complexity index is 966. The predicted octanol–water partition coefficient (Wildman–Crippen LogP) is 3.51. The van der Waals surface area contributed by atoms with E-state index in [2.05, 4.69) is 11.8 Å². The lowest BCUT2D eigenvalue weighted by atomic mass is 10.1. The van der Waals surface area contributed by atoms with E-state index in [1.807, 2.05) is 11.8 Å². The highest BCUT2D eigenvalue weighted by molar-refractivity contribution is 5.90. The molecule has 0 bridgehead atoms. The normalized spacial score (nSPS) is 18.6. The van der Waals surface area contributed by atoms with Gasteiger partial charge in [-0.25, -0.2) is 9.18 Å². The molecule has 1 aliphatic rings. The van der Waals surface area contributed by atoms with Gasteiger partial charge in [0.05, 0.1) is 19.3 Å². The third-order valence-electron chi connectivity index (χ3n) is 5.76. The molecule has 0 N–H and O–H groups in total. The first-order chi connectivity index (χ1) is 15.8. The lowest BCUT2D eigenvalue weighted by Gasteiger charge is -2.44. The van der Waals surface area contributed by atoms with Crippen LogP contribution in [0.4, 0.5) is 4.39 Å². The molecule has 0 spiro atoms. The second kappa shape index (κ2) is 11.1. The SMILES string of the molecule is CCOC(=O)c1ccc(OCC(=O)N2C[C@@H](C)N(Cc3ccc(F)cc3)C[C@@H]2C)c(OC)c1. The summed E-state index contributed by atoms with van der Waals surface area (Å²) in [5.41, 5.74) is 1.39. The monoisotopic (exact) mass is 458 g/mol. The Labute approximate surface area is 194 Å². The summed E-state index contributed by atoms with van der Waals surface area (Å²) in [5, 5.41) is 0. The minimum Gasteiger partial charge on any atom is -0.493 e. The van der Waals surface area contributed by atoms with Crippen molar-refractivity contribution in [1.82, 2.24) is 9.80 Å². The standard InChI is InChI=1S/C25H31FN2O5/c1-5-32-25(30)20-8-11-22(23(12-20)31-4)33-16-24(29)28-14-17(2)27(13-18(28)3)15-19-6-9-21(26)10-7-19/h6-12,17-18H,5,13-16H2,1-4H3/t17-,18+/m1/s1. The Morgan fingerprint density at radius 2 is 1.76 bits per heavy atom. The topological polar surface area (TPSA) is 68.3 Å². The molecule has 0 aromatic heterocycles. The van der Waals surface area contributed by atoms with E-state index >= 15 is 0 Å². The third-order valence-corrected chi connectivity index (χ3v) is 5.76. The van der Waals surface area contributed by atoms with E-state index in [9.17, 15) is 14.0 Å². The molecule has 178 valence electrons. The van der Waals surface area contributed by atoms with E-state index in [1.54, 1.807) is 31.2 Å². The minimum absolute atomic E-state index is 0.00540. The minimum atomic E-state index is -0.445. The van der Waals surface area contributed by atoms with E-state index in [4.69, 9.17) is 14.2 Å². The predicted molar refractivity (Wildman–Crippen MR) is 122 cm³/mol. The van der Waals surface area contributed by atoms with Crippen molar-refractivity contribution in [3.8, 4) is 11.5 Å². The zero-order valence-electron chi connectivity index (χ0n) is 19.5. The van der Waals surface area contributed by atoms with Crippen molar-refractivity contribution in [2.45, 2.75) is 39.4 Å². The summed E-state index contributed by atoms with van der Waals surface area (Å²) in [6, 6.07) is 11.4. The van der Waals surface area contributed by atoms with Crippen LogP contribution in [-0.2, 0) is 16.1 Å². The number of piperazine rings is 1. The Morgan fingerprint density at radius 3 is 2.42 bits per heavy atom. The van der Waals surface area contributed by atoms with Gasteiger partial charge < -0.3 is 19.1 Å². The Balaban J connectivity index is 1.58. The van der Waals surface area contributed by atoms with Gasteiger partial charge in [-0.3, -0.25) is 9.69 Å². The molecule has 0 unspecified atom stereocenters. The van der Waals surface area contributed by atoms with Crippen LogP contribution in [0.1, 0.15) is 36.7 Å². The van der Waals surface area contributed by atoms with E-state index in [0.29, 0.717) is 36.7 Å². The summed E-state index contributed by atoms with van der Waals surface area (Å²) < 4.78 is 29.2. The molecular formula is C25H31FN2O5. The number of ether oxygens (including phenoxy) is 3. The van der Waals surface area contributed by atoms with Crippen molar-refractivity contribution < 1.29 is 28.2 Å². The maximum atomic E-state index is 13.2. The molecular weight excluding hydrogens is 427 g/mol. The second-order valence-corrected chi connectivity index (χ2v) is 8.17. The van der Waals surface area contributed by atoms with Crippen molar-refractivity contribution in [2.24, 2.45) is 0 Å². The Kier molecular flexibility index (Phi) is 8.27. The molecule has 1 saturated heterocycles. The van der Waals surface area contributed by atoms with Gasteiger partial charge in [0.15, 0.2) is 18.1 Å². The number of nitrogens with zero attached hydrogens (tertiary/aromatic N) is 2. The molecule has 1 aliphatic heterocycles. The number of methoxy groups -OCH3 is 1. The molecule has 1 heterocycles. The molecule has 2 atom stereocenters. The highest BCUT2D eigenvalue weighted by Gasteiger charge is 2.32. The maximum Gasteiger partial charge on any atom is 0.338 e. The van der Waals surface area contributed by atoms with Gasteiger partial charge in [0.25, 0.3) is 5.91 Å². The van der Waals surface area contributed by atoms with E-state index in [1.165, 1.54) is 25.3 Å². The first kappa shape index (κ1) is 24.5. The quantitative estimate of drug-likeness (QED) is 0.564. The largest absolute Gasteiger partial charge is 0.493 e. The summed E-state index contributed by atoms with van der Waals surface area (Å²) in [4.78, 5) is 29.0. The lowest BCUT2D eigenvalue weighted by Crippen LogP contribution is -2.58. The van der Waals surface area contributed by atoms with Crippen LogP contribution in [-0.4, -0.2) is 67.2 Å². The number of rotatable bonds is 8. The fourth-order valence-electron chi connectivity index (χ4n) is 3.94. The van der Waals surface area contributed by atoms with Crippen LogP contribution < -0.4 is 9.47 Å². The first-order valence-corrected chi connectivity index (χ1v) is 11.1. The Morgan fingerprint density at radius 1 is 1.03 bits per heavy atom. The van der Waals surface area contributed by atoms with Crippen LogP contribution >= 0.6 is 0 Å². The highest BCUT2D eigenvalue weighted by Crippen LogP contribution is 2.29. The fraction of sp³-hybridized carbons (Fsp3) is 0.440. The van der Waals surface area contributed by atoms with Gasteiger partial charge in [-0.2, -0.15) is 0 Å². The zero-order valence-corrected chi connectivity index (χ0v) is 19.5. The van der Waals surface area contributed by atoms with Gasteiger partial charge in [0.2, 0.25) is 0 Å². The molecule has 0 aliphatic carbocycles. The maximum absolute atomic E-state index is 13.2. The van der Waals surface area contributed by atoms with Crippen LogP contribution in [0.3, 0.4) is 0 Å². The van der Waals surface area contributed by atoms with E-state index in [0.717, 1.165) is 5.56 Å². The molecule has 2 aromatic rings. The highest BCUT2D eigenvalue weighted by atomic mass is 19.1. The van der Waals surface area contributed by atoms with Crippen molar-refractivity contribution >= 4 is 11.9 Å². The van der Waals surface area contributed by atoms with Crippen LogP contribution in [0.25, 0.3) is 0 Å². The van der Waals surface area contributed by atoms with E-state index < -0.39 is 5.97 Å². The number of carbonyl (C=O) groups is 2. The number of halogens is 1. The third kappa shape index (κ3) is 6.22. The summed E-state index contributed by atoms with van der Waals surface area (Å²) in [5.74, 6) is -0.0665. The van der Waals surface area contributed by atoms with Crippen molar-refractivity contribution in [2.75, 3.05) is 33.4 Å². The van der Waals surface area contributed by atoms with E-state index in [-0.39, 0.29) is 37.0 Å².